The lowest BCUT2D eigenvalue weighted by molar-refractivity contribution is 0.794. The number of para-hydroxylation sites is 2. The monoisotopic (exact) mass is 950 g/mol. The molecule has 0 unspecified atom stereocenters. The fourth-order valence-corrected chi connectivity index (χ4v) is 13.5. The van der Waals surface area contributed by atoms with Crippen molar-refractivity contribution in [3.63, 3.8) is 0 Å². The van der Waals surface area contributed by atoms with Gasteiger partial charge in [0.15, 0.2) is 0 Å². The van der Waals surface area contributed by atoms with Crippen molar-refractivity contribution < 1.29 is 0 Å². The van der Waals surface area contributed by atoms with E-state index in [2.05, 4.69) is 289 Å². The first kappa shape index (κ1) is 41.8. The summed E-state index contributed by atoms with van der Waals surface area (Å²) < 4.78 is 2.44. The van der Waals surface area contributed by atoms with Crippen LogP contribution in [0.4, 0.5) is 17.1 Å². The molecule has 2 nitrogen and oxygen atoms in total. The standard InChI is InChI=1S/C73H46N2/c1-3-21-47(22-4-1)51-25-7-8-26-52(51)65-45-64-60-33-15-19-37-68(60)73(66-35-17-13-31-58(66)59-32-14-18-36-67(59)73)69(64)46-72(65)74(49-39-41-57-55-29-10-9-27-53(55)54-28-11-12-30-56(54)63(57)43-49)50-40-42-62-61-34-16-20-38-70(61)75(71(62)44-50)48-23-5-2-6-24-48/h1-46H. The molecule has 1 aromatic heterocycles. The summed E-state index contributed by atoms with van der Waals surface area (Å²) >= 11 is 0. The number of rotatable bonds is 6. The third-order valence-electron chi connectivity index (χ3n) is 16.6. The molecule has 348 valence electrons. The average molecular weight is 951 g/mol. The van der Waals surface area contributed by atoms with Crippen molar-refractivity contribution in [1.29, 1.82) is 0 Å². The van der Waals surface area contributed by atoms with Gasteiger partial charge in [-0.2, -0.15) is 0 Å². The van der Waals surface area contributed by atoms with Crippen molar-refractivity contribution in [2.75, 3.05) is 4.90 Å². The zero-order valence-corrected chi connectivity index (χ0v) is 41.0. The summed E-state index contributed by atoms with van der Waals surface area (Å²) in [4.78, 5) is 2.58. The topological polar surface area (TPSA) is 8.17 Å². The maximum Gasteiger partial charge on any atom is 0.0726 e. The van der Waals surface area contributed by atoms with Crippen LogP contribution < -0.4 is 4.90 Å². The lowest BCUT2D eigenvalue weighted by atomic mass is 9.70. The molecule has 0 radical (unpaired) electrons. The molecule has 0 saturated carbocycles. The number of aromatic nitrogens is 1. The molecule has 16 rings (SSSR count). The minimum Gasteiger partial charge on any atom is -0.310 e. The van der Waals surface area contributed by atoms with Gasteiger partial charge in [-0.05, 0) is 148 Å². The second-order valence-electron chi connectivity index (χ2n) is 20.3. The Hall–Kier alpha value is -9.76. The number of hydrogen-bond acceptors (Lipinski definition) is 1. The Labute approximate surface area is 435 Å². The Kier molecular flexibility index (Phi) is 8.99. The lowest BCUT2D eigenvalue weighted by Gasteiger charge is -2.33. The molecule has 0 saturated heterocycles. The first-order valence-corrected chi connectivity index (χ1v) is 26.1. The Morgan fingerprint density at radius 2 is 0.693 bits per heavy atom. The quantitative estimate of drug-likeness (QED) is 0.151. The molecule has 0 aliphatic heterocycles. The van der Waals surface area contributed by atoms with Crippen LogP contribution in [0.2, 0.25) is 0 Å². The number of nitrogens with zero attached hydrogens (tertiary/aromatic N) is 2. The third-order valence-corrected chi connectivity index (χ3v) is 16.6. The largest absolute Gasteiger partial charge is 0.310 e. The van der Waals surface area contributed by atoms with Gasteiger partial charge in [0, 0.05) is 33.4 Å². The van der Waals surface area contributed by atoms with E-state index in [1.807, 2.05) is 0 Å². The molecule has 0 N–H and O–H groups in total. The molecule has 2 aliphatic carbocycles. The van der Waals surface area contributed by atoms with E-state index in [1.54, 1.807) is 0 Å². The highest BCUT2D eigenvalue weighted by molar-refractivity contribution is 6.26. The first-order valence-electron chi connectivity index (χ1n) is 26.1. The summed E-state index contributed by atoms with van der Waals surface area (Å²) in [5.41, 5.74) is 21.2. The van der Waals surface area contributed by atoms with E-state index < -0.39 is 5.41 Å². The molecule has 13 aromatic carbocycles. The van der Waals surface area contributed by atoms with Crippen LogP contribution in [0.5, 0.6) is 0 Å². The van der Waals surface area contributed by atoms with Gasteiger partial charge in [0.25, 0.3) is 0 Å². The minimum absolute atomic E-state index is 0.556. The fourth-order valence-electron chi connectivity index (χ4n) is 13.5. The van der Waals surface area contributed by atoms with Gasteiger partial charge >= 0.3 is 0 Å². The van der Waals surface area contributed by atoms with Crippen molar-refractivity contribution >= 4 is 71.2 Å². The van der Waals surface area contributed by atoms with Gasteiger partial charge in [0.2, 0.25) is 0 Å². The van der Waals surface area contributed by atoms with Crippen LogP contribution in [0.3, 0.4) is 0 Å². The summed E-state index contributed by atoms with van der Waals surface area (Å²) in [6.45, 7) is 0. The Morgan fingerprint density at radius 3 is 1.32 bits per heavy atom. The number of anilines is 3. The van der Waals surface area contributed by atoms with Crippen molar-refractivity contribution in [2.45, 2.75) is 5.41 Å². The number of fused-ring (bicyclic) bond motifs is 19. The second kappa shape index (κ2) is 16.1. The van der Waals surface area contributed by atoms with E-state index >= 15 is 0 Å². The van der Waals surface area contributed by atoms with E-state index in [-0.39, 0.29) is 0 Å². The Balaban J connectivity index is 1.07. The SMILES string of the molecule is c1ccc(-c2ccccc2-c2cc3c(cc2N(c2ccc4c5ccccc5c5ccccc5c4c2)c2ccc4c5ccccc5n(-c5ccccc5)c4c2)C2(c4ccccc4-c4ccccc42)c2ccccc2-3)cc1. The molecule has 1 spiro atoms. The van der Waals surface area contributed by atoms with Gasteiger partial charge in [-0.1, -0.05) is 224 Å². The molecule has 1 heterocycles. The zero-order valence-electron chi connectivity index (χ0n) is 41.0. The normalized spacial score (nSPS) is 12.9. The van der Waals surface area contributed by atoms with Crippen molar-refractivity contribution in [2.24, 2.45) is 0 Å². The first-order chi connectivity index (χ1) is 37.2. The molecule has 0 bridgehead atoms. The average Bonchev–Trinajstić information content (AvgIpc) is 4.12. The number of hydrogen-bond donors (Lipinski definition) is 0. The third kappa shape index (κ3) is 5.91. The molecule has 0 atom stereocenters. The van der Waals surface area contributed by atoms with Gasteiger partial charge in [-0.25, -0.2) is 0 Å². The lowest BCUT2D eigenvalue weighted by Crippen LogP contribution is -2.26. The molecule has 0 fully saturated rings. The van der Waals surface area contributed by atoms with E-state index in [1.165, 1.54) is 110 Å². The zero-order chi connectivity index (χ0) is 49.2. The van der Waals surface area contributed by atoms with Crippen LogP contribution >= 0.6 is 0 Å². The van der Waals surface area contributed by atoms with Crippen molar-refractivity contribution in [1.82, 2.24) is 4.57 Å². The molecular formula is C73H46N2. The van der Waals surface area contributed by atoms with Gasteiger partial charge in [-0.15, -0.1) is 0 Å². The van der Waals surface area contributed by atoms with E-state index in [0.717, 1.165) is 33.8 Å². The molecule has 14 aromatic rings. The molecule has 2 heteroatoms. The van der Waals surface area contributed by atoms with Crippen LogP contribution in [-0.2, 0) is 5.41 Å². The van der Waals surface area contributed by atoms with Gasteiger partial charge < -0.3 is 9.47 Å². The van der Waals surface area contributed by atoms with Crippen LogP contribution in [0.1, 0.15) is 22.3 Å². The van der Waals surface area contributed by atoms with Crippen LogP contribution in [0.15, 0.2) is 279 Å². The predicted octanol–water partition coefficient (Wildman–Crippen LogP) is 19.4. The molecule has 75 heavy (non-hydrogen) atoms. The van der Waals surface area contributed by atoms with Crippen LogP contribution in [0, 0.1) is 0 Å². The Morgan fingerprint density at radius 1 is 0.253 bits per heavy atom. The summed E-state index contributed by atoms with van der Waals surface area (Å²) in [5, 5.41) is 9.93. The van der Waals surface area contributed by atoms with Crippen molar-refractivity contribution in [3.8, 4) is 50.2 Å². The van der Waals surface area contributed by atoms with Gasteiger partial charge in [-0.3, -0.25) is 0 Å². The highest BCUT2D eigenvalue weighted by Gasteiger charge is 2.52. The van der Waals surface area contributed by atoms with Gasteiger partial charge in [0.1, 0.15) is 0 Å². The summed E-state index contributed by atoms with van der Waals surface area (Å²) in [5.74, 6) is 0. The smallest absolute Gasteiger partial charge is 0.0726 e. The van der Waals surface area contributed by atoms with E-state index in [0.29, 0.717) is 0 Å². The summed E-state index contributed by atoms with van der Waals surface area (Å²) in [6, 6.07) is 104. The van der Waals surface area contributed by atoms with Gasteiger partial charge in [0.05, 0.1) is 22.1 Å². The van der Waals surface area contributed by atoms with Crippen molar-refractivity contribution in [3.05, 3.63) is 301 Å². The molecule has 2 aliphatic rings. The second-order valence-corrected chi connectivity index (χ2v) is 20.3. The van der Waals surface area contributed by atoms with Crippen LogP contribution in [-0.4, -0.2) is 4.57 Å². The Bertz CT molecular complexity index is 4580. The highest BCUT2D eigenvalue weighted by Crippen LogP contribution is 2.64. The molecular weight excluding hydrogens is 905 g/mol. The van der Waals surface area contributed by atoms with E-state index in [4.69, 9.17) is 0 Å². The maximum absolute atomic E-state index is 2.59. The van der Waals surface area contributed by atoms with E-state index in [9.17, 15) is 0 Å². The molecule has 0 amide bonds. The highest BCUT2D eigenvalue weighted by atomic mass is 15.1. The maximum atomic E-state index is 2.59. The fraction of sp³-hybridized carbons (Fsp3) is 0.0137. The number of benzene rings is 13. The minimum atomic E-state index is -0.556. The summed E-state index contributed by atoms with van der Waals surface area (Å²) in [6.07, 6.45) is 0. The summed E-state index contributed by atoms with van der Waals surface area (Å²) in [7, 11) is 0. The predicted molar refractivity (Wildman–Crippen MR) is 315 cm³/mol. The van der Waals surface area contributed by atoms with Crippen LogP contribution in [0.25, 0.3) is 104 Å².